The largest absolute Gasteiger partial charge is 0.490 e. The smallest absolute Gasteiger partial charge is 0.328 e. The summed E-state index contributed by atoms with van der Waals surface area (Å²) in [6.07, 6.45) is 2.28. The van der Waals surface area contributed by atoms with E-state index in [0.717, 1.165) is 39.5 Å². The maximum atomic E-state index is 12.5. The summed E-state index contributed by atoms with van der Waals surface area (Å²) in [6, 6.07) is 30.7. The van der Waals surface area contributed by atoms with Crippen molar-refractivity contribution in [1.82, 2.24) is 4.98 Å². The summed E-state index contributed by atoms with van der Waals surface area (Å²) in [7, 11) is 0. The molecule has 39 heavy (non-hydrogen) atoms. The van der Waals surface area contributed by atoms with E-state index in [1.165, 1.54) is 0 Å². The van der Waals surface area contributed by atoms with E-state index in [1.54, 1.807) is 13.1 Å². The minimum atomic E-state index is -0.486. The monoisotopic (exact) mass is 523 g/mol. The lowest BCUT2D eigenvalue weighted by Crippen LogP contribution is -2.33. The van der Waals surface area contributed by atoms with Gasteiger partial charge in [0.2, 0.25) is 0 Å². The molecule has 1 aromatic heterocycles. The Morgan fingerprint density at radius 3 is 2.33 bits per heavy atom. The zero-order chi connectivity index (χ0) is 27.3. The molecule has 0 bridgehead atoms. The summed E-state index contributed by atoms with van der Waals surface area (Å²) in [5.74, 6) is 0.440. The number of ether oxygens (including phenoxy) is 2. The fourth-order valence-electron chi connectivity index (χ4n) is 3.94. The van der Waals surface area contributed by atoms with Crippen molar-refractivity contribution in [3.8, 4) is 17.0 Å². The van der Waals surface area contributed by atoms with E-state index in [9.17, 15) is 4.79 Å². The molecule has 0 fully saturated rings. The second kappa shape index (κ2) is 14.3. The van der Waals surface area contributed by atoms with Crippen LogP contribution in [-0.4, -0.2) is 42.5 Å². The quantitative estimate of drug-likeness (QED) is 0.0979. The molecule has 0 spiro atoms. The van der Waals surface area contributed by atoms with Crippen molar-refractivity contribution >= 4 is 17.4 Å². The lowest BCUT2D eigenvalue weighted by atomic mass is 10.1. The first-order chi connectivity index (χ1) is 19.1. The van der Waals surface area contributed by atoms with Gasteiger partial charge in [0.1, 0.15) is 18.4 Å². The number of pyridine rings is 1. The number of oxime groups is 1. The molecule has 7 nitrogen and oxygen atoms in total. The van der Waals surface area contributed by atoms with E-state index in [4.69, 9.17) is 14.3 Å². The summed E-state index contributed by atoms with van der Waals surface area (Å²) >= 11 is 0. The maximum absolute atomic E-state index is 12.5. The Morgan fingerprint density at radius 2 is 1.64 bits per heavy atom. The standard InChI is InChI=1S/C32H33N3O4/c1-3-37-32(36)31(34-28-9-5-4-6-10-28)23-25-12-18-29(19-13-25)38-21-22-39-35-24(2)26-14-16-27(17-15-26)30-11-7-8-20-33-30/h4-20,31,34H,3,21-23H2,1-2H3/b35-24-. The van der Waals surface area contributed by atoms with Gasteiger partial charge in [0.25, 0.3) is 0 Å². The molecule has 4 rings (SSSR count). The van der Waals surface area contributed by atoms with Crippen LogP contribution in [0, 0.1) is 0 Å². The molecule has 0 amide bonds. The Hall–Kier alpha value is -4.65. The molecule has 0 saturated heterocycles. The van der Waals surface area contributed by atoms with E-state index < -0.39 is 6.04 Å². The number of nitrogens with one attached hydrogen (secondary N) is 1. The van der Waals surface area contributed by atoms with Crippen molar-refractivity contribution in [2.75, 3.05) is 25.1 Å². The summed E-state index contributed by atoms with van der Waals surface area (Å²) in [5, 5.41) is 7.48. The van der Waals surface area contributed by atoms with Crippen LogP contribution in [0.4, 0.5) is 5.69 Å². The average Bonchev–Trinajstić information content (AvgIpc) is 2.98. The van der Waals surface area contributed by atoms with E-state index >= 15 is 0 Å². The van der Waals surface area contributed by atoms with Crippen LogP contribution < -0.4 is 10.1 Å². The summed E-state index contributed by atoms with van der Waals surface area (Å²) in [5.41, 5.74) is 5.62. The summed E-state index contributed by atoms with van der Waals surface area (Å²) in [6.45, 7) is 4.72. The van der Waals surface area contributed by atoms with Crippen molar-refractivity contribution in [3.05, 3.63) is 114 Å². The van der Waals surface area contributed by atoms with Crippen molar-refractivity contribution in [2.45, 2.75) is 26.3 Å². The van der Waals surface area contributed by atoms with Gasteiger partial charge in [-0.1, -0.05) is 65.8 Å². The van der Waals surface area contributed by atoms with Crippen LogP contribution in [0.15, 0.2) is 108 Å². The lowest BCUT2D eigenvalue weighted by molar-refractivity contribution is -0.144. The predicted octanol–water partition coefficient (Wildman–Crippen LogP) is 6.15. The summed E-state index contributed by atoms with van der Waals surface area (Å²) in [4.78, 5) is 22.3. The van der Waals surface area contributed by atoms with Crippen LogP contribution in [0.3, 0.4) is 0 Å². The third kappa shape index (κ3) is 8.43. The third-order valence-corrected chi connectivity index (χ3v) is 5.96. The Morgan fingerprint density at radius 1 is 0.897 bits per heavy atom. The molecule has 0 aliphatic carbocycles. The molecular formula is C32H33N3O4. The molecule has 1 unspecified atom stereocenters. The van der Waals surface area contributed by atoms with Gasteiger partial charge in [0, 0.05) is 23.9 Å². The number of para-hydroxylation sites is 1. The van der Waals surface area contributed by atoms with Crippen molar-refractivity contribution < 1.29 is 19.1 Å². The zero-order valence-electron chi connectivity index (χ0n) is 22.2. The summed E-state index contributed by atoms with van der Waals surface area (Å²) < 4.78 is 11.1. The molecule has 3 aromatic carbocycles. The van der Waals surface area contributed by atoms with Crippen molar-refractivity contribution in [2.24, 2.45) is 5.16 Å². The molecule has 0 aliphatic rings. The van der Waals surface area contributed by atoms with Crippen LogP contribution in [0.2, 0.25) is 0 Å². The Labute approximate surface area is 229 Å². The van der Waals surface area contributed by atoms with E-state index in [0.29, 0.717) is 26.2 Å². The first-order valence-electron chi connectivity index (χ1n) is 13.0. The van der Waals surface area contributed by atoms with Crippen LogP contribution in [0.5, 0.6) is 5.75 Å². The first-order valence-corrected chi connectivity index (χ1v) is 13.0. The van der Waals surface area contributed by atoms with Crippen molar-refractivity contribution in [1.29, 1.82) is 0 Å². The second-order valence-electron chi connectivity index (χ2n) is 8.81. The average molecular weight is 524 g/mol. The Kier molecular flexibility index (Phi) is 10.1. The van der Waals surface area contributed by atoms with Crippen LogP contribution in [-0.2, 0) is 20.8 Å². The van der Waals surface area contributed by atoms with Gasteiger partial charge >= 0.3 is 5.97 Å². The highest BCUT2D eigenvalue weighted by atomic mass is 16.6. The predicted molar refractivity (Wildman–Crippen MR) is 154 cm³/mol. The highest BCUT2D eigenvalue weighted by molar-refractivity contribution is 5.98. The van der Waals surface area contributed by atoms with Crippen LogP contribution in [0.1, 0.15) is 25.0 Å². The Bertz CT molecular complexity index is 1330. The highest BCUT2D eigenvalue weighted by Crippen LogP contribution is 2.18. The lowest BCUT2D eigenvalue weighted by Gasteiger charge is -2.18. The van der Waals surface area contributed by atoms with E-state index in [-0.39, 0.29) is 5.97 Å². The number of hydrogen-bond acceptors (Lipinski definition) is 7. The number of benzene rings is 3. The molecule has 7 heteroatoms. The third-order valence-electron chi connectivity index (χ3n) is 5.96. The van der Waals surface area contributed by atoms with Gasteiger partial charge in [-0.25, -0.2) is 4.79 Å². The van der Waals surface area contributed by atoms with Crippen LogP contribution >= 0.6 is 0 Å². The molecule has 4 aromatic rings. The number of aromatic nitrogens is 1. The highest BCUT2D eigenvalue weighted by Gasteiger charge is 2.20. The number of hydrogen-bond donors (Lipinski definition) is 1. The van der Waals surface area contributed by atoms with Gasteiger partial charge in [0.15, 0.2) is 6.61 Å². The number of anilines is 1. The number of esters is 1. The van der Waals surface area contributed by atoms with Gasteiger partial charge in [-0.15, -0.1) is 0 Å². The molecule has 0 saturated carbocycles. The van der Waals surface area contributed by atoms with Crippen molar-refractivity contribution in [3.63, 3.8) is 0 Å². The number of rotatable bonds is 13. The van der Waals surface area contributed by atoms with Gasteiger partial charge < -0.3 is 19.6 Å². The fraction of sp³-hybridized carbons (Fsp3) is 0.219. The van der Waals surface area contributed by atoms with Gasteiger partial charge in [-0.2, -0.15) is 0 Å². The second-order valence-corrected chi connectivity index (χ2v) is 8.81. The fourth-order valence-corrected chi connectivity index (χ4v) is 3.94. The molecule has 1 N–H and O–H groups in total. The normalized spacial score (nSPS) is 11.9. The van der Waals surface area contributed by atoms with E-state index in [2.05, 4.69) is 15.5 Å². The first kappa shape index (κ1) is 27.4. The molecule has 1 atom stereocenters. The van der Waals surface area contributed by atoms with E-state index in [1.807, 2.05) is 104 Å². The van der Waals surface area contributed by atoms with Gasteiger partial charge in [-0.3, -0.25) is 4.98 Å². The molecule has 0 radical (unpaired) electrons. The molecule has 200 valence electrons. The number of carbonyl (C=O) groups is 1. The van der Waals surface area contributed by atoms with Crippen LogP contribution in [0.25, 0.3) is 11.3 Å². The SMILES string of the molecule is CCOC(=O)C(Cc1ccc(OCCO/N=C(/C)c2ccc(-c3ccccn3)cc2)cc1)Nc1ccccc1. The van der Waals surface area contributed by atoms with Gasteiger partial charge in [-0.05, 0) is 61.4 Å². The topological polar surface area (TPSA) is 82.0 Å². The number of nitrogens with zero attached hydrogens (tertiary/aromatic N) is 2. The molecule has 1 heterocycles. The minimum Gasteiger partial charge on any atom is -0.490 e. The molecular weight excluding hydrogens is 490 g/mol. The zero-order valence-corrected chi connectivity index (χ0v) is 22.2. The minimum absolute atomic E-state index is 0.279. The maximum Gasteiger partial charge on any atom is 0.328 e. The number of carbonyl (C=O) groups excluding carboxylic acids is 1. The Balaban J connectivity index is 1.23. The van der Waals surface area contributed by atoms with Gasteiger partial charge in [0.05, 0.1) is 18.0 Å². The molecule has 0 aliphatic heterocycles.